The molecule has 13 rings (SSSR count). The summed E-state index contributed by atoms with van der Waals surface area (Å²) in [6.07, 6.45) is 10.5. The number of fused-ring (bicyclic) bond motifs is 5. The summed E-state index contributed by atoms with van der Waals surface area (Å²) in [5.74, 6) is -5.00. The molecule has 6 heterocycles. The Morgan fingerprint density at radius 2 is 1.56 bits per heavy atom. The first-order chi connectivity index (χ1) is 39.9. The predicted octanol–water partition coefficient (Wildman–Crippen LogP) is 8.82. The lowest BCUT2D eigenvalue weighted by molar-refractivity contribution is -0.174. The van der Waals surface area contributed by atoms with Crippen LogP contribution in [0.4, 0.5) is 0 Å². The molecule has 446 valence electrons. The summed E-state index contributed by atoms with van der Waals surface area (Å²) < 4.78 is 75.3. The van der Waals surface area contributed by atoms with Crippen molar-refractivity contribution in [2.75, 3.05) is 53.9 Å². The molecule has 6 aliphatic heterocycles. The second-order valence-corrected chi connectivity index (χ2v) is 25.8. The molecule has 1 spiro atoms. The third-order valence-electron chi connectivity index (χ3n) is 18.5. The minimum atomic E-state index is -5.40. The van der Waals surface area contributed by atoms with Crippen molar-refractivity contribution in [3.05, 3.63) is 110 Å². The SMILES string of the molecule is COc1cc(C2c3cc4c(cc3C(NC(=O)/C(C)=C\CC35OC(C)(C)C6CC(C3=O)C(N3CCOCC3)=C3C(=O)c7c(OP(=O)(O)O)c8c(c(CC=C(C)C)c7OC365)OC(C)(CCC=C(C)C)C=C8)C3COC(=O)C23)OCO4)cc(OC)c1O. The van der Waals surface area contributed by atoms with Crippen molar-refractivity contribution < 1.29 is 85.8 Å². The molecule has 21 heteroatoms. The number of allylic oxidation sites excluding steroid dienone is 5. The number of phosphoric ester groups is 1. The van der Waals surface area contributed by atoms with E-state index in [2.05, 4.69) is 11.4 Å². The molecular weight excluding hydrogens is 1100 g/mol. The number of aromatic hydroxyl groups is 1. The number of esters is 1. The number of morpholine rings is 1. The molecule has 1 amide bonds. The molecule has 3 aromatic carbocycles. The van der Waals surface area contributed by atoms with Gasteiger partial charge in [-0.1, -0.05) is 29.4 Å². The van der Waals surface area contributed by atoms with Crippen LogP contribution in [0, 0.1) is 23.7 Å². The van der Waals surface area contributed by atoms with E-state index in [1.807, 2.05) is 65.5 Å². The Bertz CT molecular complexity index is 3530. The number of carbonyl (C=O) groups excluding carboxylic acids is 4. The van der Waals surface area contributed by atoms with Crippen molar-refractivity contribution in [1.29, 1.82) is 0 Å². The van der Waals surface area contributed by atoms with E-state index >= 15 is 14.4 Å². The van der Waals surface area contributed by atoms with Gasteiger partial charge in [-0.3, -0.25) is 29.0 Å². The van der Waals surface area contributed by atoms with Crippen molar-refractivity contribution in [1.82, 2.24) is 10.2 Å². The maximum atomic E-state index is 16.5. The summed E-state index contributed by atoms with van der Waals surface area (Å²) >= 11 is 0. The van der Waals surface area contributed by atoms with E-state index in [1.165, 1.54) is 14.2 Å². The zero-order valence-corrected chi connectivity index (χ0v) is 49.7. The fourth-order valence-electron chi connectivity index (χ4n) is 14.7. The second-order valence-electron chi connectivity index (χ2n) is 24.6. The molecule has 84 heavy (non-hydrogen) atoms. The van der Waals surface area contributed by atoms with E-state index in [-0.39, 0.29) is 89.5 Å². The van der Waals surface area contributed by atoms with E-state index in [9.17, 15) is 24.3 Å². The maximum absolute atomic E-state index is 16.5. The number of phenols is 1. The van der Waals surface area contributed by atoms with Gasteiger partial charge in [0, 0.05) is 54.1 Å². The number of cyclic esters (lactones) is 1. The molecule has 3 saturated heterocycles. The topological polar surface area (TPSA) is 254 Å². The number of benzene rings is 3. The number of rotatable bonds is 15. The van der Waals surface area contributed by atoms with Gasteiger partial charge in [-0.2, -0.15) is 0 Å². The quantitative estimate of drug-likeness (QED) is 0.0480. The van der Waals surface area contributed by atoms with Crippen molar-refractivity contribution in [2.45, 2.75) is 122 Å². The number of nitrogens with one attached hydrogen (secondary N) is 1. The zero-order chi connectivity index (χ0) is 59.7. The normalized spacial score (nSPS) is 29.1. The highest BCUT2D eigenvalue weighted by molar-refractivity contribution is 7.46. The van der Waals surface area contributed by atoms with Crippen LogP contribution in [0.2, 0.25) is 0 Å². The first kappa shape index (κ1) is 57.3. The third kappa shape index (κ3) is 8.94. The van der Waals surface area contributed by atoms with Gasteiger partial charge in [0.05, 0.1) is 68.7 Å². The minimum absolute atomic E-state index is 0.0383. The number of Topliss-reactive ketones (excluding diaryl/α,β-unsaturated/α-hetero) is 2. The summed E-state index contributed by atoms with van der Waals surface area (Å²) in [7, 11) is -2.57. The number of methoxy groups -OCH3 is 2. The van der Waals surface area contributed by atoms with Gasteiger partial charge in [0.15, 0.2) is 45.7 Å². The number of hydrogen-bond acceptors (Lipinski definition) is 17. The summed E-state index contributed by atoms with van der Waals surface area (Å²) in [5, 5.41) is 14.2. The molecule has 20 nitrogen and oxygen atoms in total. The third-order valence-corrected chi connectivity index (χ3v) is 18.9. The van der Waals surface area contributed by atoms with E-state index < -0.39 is 89.3 Å². The first-order valence-corrected chi connectivity index (χ1v) is 30.1. The van der Waals surface area contributed by atoms with Crippen molar-refractivity contribution in [3.8, 4) is 46.0 Å². The molecular formula is C63H71N2O18P. The molecule has 4 aliphatic carbocycles. The number of hydrogen-bond donors (Lipinski definition) is 4. The van der Waals surface area contributed by atoms with Gasteiger partial charge < -0.3 is 62.5 Å². The molecule has 4 N–H and O–H groups in total. The second kappa shape index (κ2) is 20.6. The smallest absolute Gasteiger partial charge is 0.502 e. The number of phosphoric acid groups is 1. The molecule has 9 unspecified atom stereocenters. The monoisotopic (exact) mass is 1170 g/mol. The predicted molar refractivity (Wildman–Crippen MR) is 303 cm³/mol. The number of carbonyl (C=O) groups is 4. The van der Waals surface area contributed by atoms with E-state index in [4.69, 9.17) is 47.2 Å². The number of nitrogens with zero attached hydrogens (tertiary/aromatic N) is 1. The van der Waals surface area contributed by atoms with Crippen molar-refractivity contribution >= 4 is 37.3 Å². The van der Waals surface area contributed by atoms with Gasteiger partial charge in [-0.25, -0.2) is 4.57 Å². The van der Waals surface area contributed by atoms with Gasteiger partial charge in [-0.15, -0.1) is 0 Å². The number of phenolic OH excluding ortho intramolecular Hbond substituents is 1. The maximum Gasteiger partial charge on any atom is 0.524 e. The lowest BCUT2D eigenvalue weighted by Crippen LogP contribution is -2.74. The Kier molecular flexibility index (Phi) is 14.0. The van der Waals surface area contributed by atoms with E-state index in [0.29, 0.717) is 78.6 Å². The van der Waals surface area contributed by atoms with Crippen LogP contribution in [0.1, 0.15) is 131 Å². The number of amides is 1. The standard InChI is InChI=1S/C63H71N2O18P/c1-31(2)12-11-17-61(8)18-16-36-54(80-61)35(14-13-32(3)4)55-48(56(36)82-84(71,72)73)53(67)49-51(65-20-22-76-23-21-65)39-28-45-60(6,7)83-62(57(39)68,63(45,49)81-55)19-15-33(5)58(69)64-50-38-27-42-41(78-30-79-42)26-37(38)46(47-40(50)29-77-59(47)70)34-24-43(74-9)52(66)44(25-34)75-10/h12-13,15-16,18,24-27,39-40,45-47,50,66H,11,14,17,19-23,28-30H2,1-10H3,(H,64,69)(H2,71,72,73)/b33-15-. The Labute approximate surface area is 486 Å². The largest absolute Gasteiger partial charge is 0.524 e. The number of ketones is 2. The van der Waals surface area contributed by atoms with Crippen LogP contribution >= 0.6 is 7.82 Å². The van der Waals surface area contributed by atoms with Gasteiger partial charge in [-0.05, 0) is 134 Å². The van der Waals surface area contributed by atoms with Crippen LogP contribution in [0.15, 0.2) is 76.6 Å². The Hall–Kier alpha value is -7.09. The van der Waals surface area contributed by atoms with Gasteiger partial charge in [0.1, 0.15) is 22.7 Å². The van der Waals surface area contributed by atoms with Crippen LogP contribution < -0.4 is 38.3 Å². The van der Waals surface area contributed by atoms with E-state index in [0.717, 1.165) is 11.1 Å². The highest BCUT2D eigenvalue weighted by atomic mass is 31.2. The Morgan fingerprint density at radius 3 is 2.21 bits per heavy atom. The average molecular weight is 1180 g/mol. The van der Waals surface area contributed by atoms with E-state index in [1.54, 1.807) is 43.3 Å². The summed E-state index contributed by atoms with van der Waals surface area (Å²) in [6, 6.07) is 6.07. The highest BCUT2D eigenvalue weighted by Crippen LogP contribution is 2.71. The van der Waals surface area contributed by atoms with Crippen LogP contribution in [0.5, 0.6) is 46.0 Å². The molecule has 10 aliphatic rings. The number of ether oxygens (including phenoxy) is 9. The fraction of sp³-hybridized carbons (Fsp3) is 0.492. The van der Waals surface area contributed by atoms with Gasteiger partial charge in [0.2, 0.25) is 24.2 Å². The average Bonchev–Trinajstić information content (AvgIpc) is 1.47. The van der Waals surface area contributed by atoms with Crippen molar-refractivity contribution in [3.63, 3.8) is 0 Å². The molecule has 0 aromatic heterocycles. The molecule has 4 bridgehead atoms. The summed E-state index contributed by atoms with van der Waals surface area (Å²) in [5.41, 5.74) is -0.871. The van der Waals surface area contributed by atoms with Crippen LogP contribution in [0.25, 0.3) is 6.08 Å². The van der Waals surface area contributed by atoms with Crippen LogP contribution in [0.3, 0.4) is 0 Å². The van der Waals surface area contributed by atoms with Crippen molar-refractivity contribution in [2.24, 2.45) is 23.7 Å². The molecule has 3 aromatic rings. The van der Waals surface area contributed by atoms with Crippen LogP contribution in [-0.2, 0) is 39.6 Å². The molecule has 0 radical (unpaired) electrons. The summed E-state index contributed by atoms with van der Waals surface area (Å²) in [4.78, 5) is 85.2. The molecule has 1 saturated carbocycles. The first-order valence-electron chi connectivity index (χ1n) is 28.6. The fourth-order valence-corrected chi connectivity index (χ4v) is 15.2. The Balaban J connectivity index is 0.993. The lowest BCUT2D eigenvalue weighted by Gasteiger charge is -2.59. The molecule has 9 atom stereocenters. The van der Waals surface area contributed by atoms with Gasteiger partial charge >= 0.3 is 13.8 Å². The summed E-state index contributed by atoms with van der Waals surface area (Å²) in [6.45, 7) is 16.4. The lowest BCUT2D eigenvalue weighted by atomic mass is 9.49. The highest BCUT2D eigenvalue weighted by Gasteiger charge is 2.83. The molecule has 4 fully saturated rings. The minimum Gasteiger partial charge on any atom is -0.502 e. The Morgan fingerprint density at radius 1 is 0.881 bits per heavy atom. The zero-order valence-electron chi connectivity index (χ0n) is 48.8. The van der Waals surface area contributed by atoms with Crippen LogP contribution in [-0.4, -0.2) is 120 Å². The van der Waals surface area contributed by atoms with Gasteiger partial charge in [0.25, 0.3) is 0 Å².